The summed E-state index contributed by atoms with van der Waals surface area (Å²) in [5, 5.41) is 3.24. The van der Waals surface area contributed by atoms with E-state index < -0.39 is 0 Å². The highest BCUT2D eigenvalue weighted by molar-refractivity contribution is 9.10. The Morgan fingerprint density at radius 3 is 0.767 bits per heavy atom. The highest BCUT2D eigenvalue weighted by atomic mass is 79.9. The van der Waals surface area contributed by atoms with Crippen molar-refractivity contribution in [2.24, 2.45) is 0 Å². The van der Waals surface area contributed by atoms with Gasteiger partial charge in [0.2, 0.25) is 0 Å². The number of nitrogens with one attached hydrogen (secondary N) is 1. The van der Waals surface area contributed by atoms with Crippen LogP contribution in [-0.2, 0) is 142 Å². The lowest BCUT2D eigenvalue weighted by molar-refractivity contribution is -0.0820. The van der Waals surface area contributed by atoms with E-state index in [0.29, 0.717) is 470 Å². The van der Waals surface area contributed by atoms with Gasteiger partial charge in [-0.3, -0.25) is 4.79 Å². The summed E-state index contributed by atoms with van der Waals surface area (Å²) in [6.07, 6.45) is 1.58. The van der Waals surface area contributed by atoms with Gasteiger partial charge in [-0.25, -0.2) is 0 Å². The molecule has 3 saturated heterocycles. The summed E-state index contributed by atoms with van der Waals surface area (Å²) in [5.74, 6) is 3.88. The molecule has 3 aromatic rings. The van der Waals surface area contributed by atoms with Crippen LogP contribution in [0.3, 0.4) is 0 Å². The Morgan fingerprint density at radius 2 is 0.504 bits per heavy atom. The molecular formula is C90H152BrNO37. The van der Waals surface area contributed by atoms with E-state index in [1.165, 1.54) is 6.92 Å². The number of hydrogen-bond acceptors (Lipinski definition) is 38. The van der Waals surface area contributed by atoms with Crippen molar-refractivity contribution >= 4 is 21.7 Å². The summed E-state index contributed by atoms with van der Waals surface area (Å²) in [7, 11) is 0. The first-order valence-electron chi connectivity index (χ1n) is 45.0. The average molecular weight is 1920 g/mol. The third-order valence-electron chi connectivity index (χ3n) is 16.8. The van der Waals surface area contributed by atoms with Crippen LogP contribution in [0.5, 0.6) is 34.5 Å². The number of halogens is 1. The van der Waals surface area contributed by atoms with E-state index >= 15 is 0 Å². The minimum Gasteiger partial charge on any atom is -0.487 e. The lowest BCUT2D eigenvalue weighted by Crippen LogP contribution is -2.28. The number of hydrogen-bond donors (Lipinski definition) is 1. The highest BCUT2D eigenvalue weighted by Gasteiger charge is 2.15. The molecule has 0 aromatic heterocycles. The second-order valence-corrected chi connectivity index (χ2v) is 27.9. The van der Waals surface area contributed by atoms with Crippen LogP contribution in [0.25, 0.3) is 0 Å². The molecule has 0 saturated carbocycles. The quantitative estimate of drug-likeness (QED) is 0.174. The van der Waals surface area contributed by atoms with Crippen molar-refractivity contribution in [2.45, 2.75) is 13.0 Å². The van der Waals surface area contributed by atoms with Crippen molar-refractivity contribution in [3.63, 3.8) is 0 Å². The number of fused-ring (bicyclic) bond motifs is 3. The van der Waals surface area contributed by atoms with Crippen LogP contribution >= 0.6 is 15.9 Å². The molecule has 6 aliphatic heterocycles. The number of Topliss-reactive ketones (excluding diaryl/α,β-unsaturated/α-hetero) is 1. The summed E-state index contributed by atoms with van der Waals surface area (Å²) in [6, 6.07) is 18.4. The fourth-order valence-corrected chi connectivity index (χ4v) is 10.8. The fourth-order valence-electron chi connectivity index (χ4n) is 10.4. The molecular weight excluding hydrogens is 1770 g/mol. The molecule has 3 fully saturated rings. The molecule has 1 N–H and O–H groups in total. The molecule has 6 aliphatic rings. The zero-order chi connectivity index (χ0) is 91.1. The minimum absolute atomic E-state index is 0.0254. The predicted molar refractivity (Wildman–Crippen MR) is 477 cm³/mol. The summed E-state index contributed by atoms with van der Waals surface area (Å²) in [4.78, 5) is 11.6. The van der Waals surface area contributed by atoms with Crippen molar-refractivity contribution < 1.29 is 175 Å². The second kappa shape index (κ2) is 93.5. The van der Waals surface area contributed by atoms with E-state index in [1.54, 1.807) is 24.3 Å². The minimum atomic E-state index is -0.128. The van der Waals surface area contributed by atoms with E-state index in [2.05, 4.69) is 27.8 Å². The van der Waals surface area contributed by atoms with E-state index in [0.717, 1.165) is 17.6 Å². The van der Waals surface area contributed by atoms with Gasteiger partial charge in [-0.2, -0.15) is 0 Å². The molecule has 6 heterocycles. The van der Waals surface area contributed by atoms with E-state index in [9.17, 15) is 4.79 Å². The van der Waals surface area contributed by atoms with Crippen LogP contribution in [0, 0.1) is 0 Å². The molecule has 129 heavy (non-hydrogen) atoms. The molecule has 3 aromatic carbocycles. The van der Waals surface area contributed by atoms with Crippen molar-refractivity contribution in [1.29, 1.82) is 0 Å². The Bertz CT molecular complexity index is 2660. The van der Waals surface area contributed by atoms with Crippen molar-refractivity contribution in [2.75, 3.05) is 443 Å². The zero-order valence-electron chi connectivity index (χ0n) is 76.5. The molecule has 0 amide bonds. The number of benzene rings is 3. The number of para-hydroxylation sites is 2. The Balaban J connectivity index is 0.000000325. The number of ether oxygens (including phenoxy) is 36. The third-order valence-corrected chi connectivity index (χ3v) is 17.3. The molecule has 0 aliphatic carbocycles. The van der Waals surface area contributed by atoms with Crippen LogP contribution < -0.4 is 33.7 Å². The average Bonchev–Trinajstić information content (AvgIpc) is 0.857. The van der Waals surface area contributed by atoms with Crippen LogP contribution in [0.2, 0.25) is 0 Å². The smallest absolute Gasteiger partial charge is 0.162 e. The van der Waals surface area contributed by atoms with E-state index in [1.807, 2.05) is 42.5 Å². The topological polar surface area (TPSA) is 361 Å². The van der Waals surface area contributed by atoms with Crippen LogP contribution in [0.4, 0.5) is 0 Å². The molecule has 38 nitrogen and oxygen atoms in total. The summed E-state index contributed by atoms with van der Waals surface area (Å²) < 4.78 is 197. The third kappa shape index (κ3) is 76.0. The van der Waals surface area contributed by atoms with Gasteiger partial charge in [-0.1, -0.05) is 34.1 Å². The predicted octanol–water partition coefficient (Wildman–Crippen LogP) is 5.98. The van der Waals surface area contributed by atoms with Crippen LogP contribution in [-0.4, -0.2) is 454 Å². The Labute approximate surface area is 772 Å². The first-order valence-corrected chi connectivity index (χ1v) is 45.8. The molecule has 39 heteroatoms. The zero-order valence-corrected chi connectivity index (χ0v) is 78.1. The van der Waals surface area contributed by atoms with E-state index in [4.69, 9.17) is 171 Å². The van der Waals surface area contributed by atoms with Gasteiger partial charge < -0.3 is 176 Å². The van der Waals surface area contributed by atoms with Crippen molar-refractivity contribution in [3.8, 4) is 34.5 Å². The van der Waals surface area contributed by atoms with Gasteiger partial charge in [0.05, 0.1) is 390 Å². The first kappa shape index (κ1) is 116. The highest BCUT2D eigenvalue weighted by Crippen LogP contribution is 2.32. The largest absolute Gasteiger partial charge is 0.487 e. The number of carbonyl (C=O) groups excluding carboxylic acids is 1. The number of rotatable bonds is 5. The van der Waals surface area contributed by atoms with Gasteiger partial charge in [-0.15, -0.1) is 6.58 Å². The van der Waals surface area contributed by atoms with Crippen LogP contribution in [0.15, 0.2) is 77.8 Å². The van der Waals surface area contributed by atoms with Crippen molar-refractivity contribution in [1.82, 2.24) is 5.32 Å². The monoisotopic (exact) mass is 1920 g/mol. The van der Waals surface area contributed by atoms with Crippen molar-refractivity contribution in [3.05, 3.63) is 83.4 Å². The maximum absolute atomic E-state index is 11.6. The SMILES string of the molecule is Brc1ccc2c(c1)OCCOCCOCCOCCOCCO2.C1COCCOCCOCCOCCOCCN1.C1COCCOCCOCCOCCOCCO1.C=CCOCC1COCCOCCOCCOCCOCCO1.CC(=O)c1ccc2c(c1)OCCOCCOCCOCCOCCO2.c1ccc2c(c1)OCCOCCOCCOCCOCCO2. The summed E-state index contributed by atoms with van der Waals surface area (Å²) in [6.45, 7) is 42.1. The standard InChI is InChI=1S/C18H26O7.C16H23BrO6.C16H30O7.C16H24O6.C12H25NO5.C12H24O6/c1-15(19)16-2-3-17-18(14-16)25-13-11-23-9-7-21-5-4-20-6-8-22-10-12-24-17;17-14-1-2-15-16(13-14)23-12-10-21-8-6-19-4-3-18-5-7-20-9-11-22-15;1-2-3-21-14-16-15-22-11-10-19-7-6-17-4-5-18-8-9-20-12-13-23-16;1-2-4-16-15(3-1)21-13-11-19-9-7-17-5-6-18-8-10-20-12-14-22-16;1-3-14-5-7-16-9-11-18-12-10-17-8-6-15-4-2-13-1;1-2-14-5-6-16-9-10-18-12-11-17-8-7-15-4-3-13-1/h2-3,14H,4-13H2,1H3;1-2,13H,3-12H2;2,16H,1,3-15H2;1-4H,5-14H2;13H,1-12H2;1-12H2. The molecule has 1 unspecified atom stereocenters. The molecule has 0 spiro atoms. The fraction of sp³-hybridized carbons (Fsp3) is 0.767. The van der Waals surface area contributed by atoms with Gasteiger partial charge in [0.15, 0.2) is 40.3 Å². The van der Waals surface area contributed by atoms with Gasteiger partial charge in [0.25, 0.3) is 0 Å². The summed E-state index contributed by atoms with van der Waals surface area (Å²) >= 11 is 3.43. The summed E-state index contributed by atoms with van der Waals surface area (Å²) in [5.41, 5.74) is 0.576. The number of ketones is 1. The maximum atomic E-state index is 11.6. The number of carbonyl (C=O) groups is 1. The van der Waals surface area contributed by atoms with Gasteiger partial charge in [-0.05, 0) is 55.5 Å². The first-order chi connectivity index (χ1) is 64.0. The maximum Gasteiger partial charge on any atom is 0.162 e. The lowest BCUT2D eigenvalue weighted by Gasteiger charge is -2.18. The van der Waals surface area contributed by atoms with Gasteiger partial charge >= 0.3 is 0 Å². The molecule has 9 rings (SSSR count). The Hall–Kier alpha value is -4.89. The Morgan fingerprint density at radius 1 is 0.287 bits per heavy atom. The normalized spacial score (nSPS) is 21.6. The van der Waals surface area contributed by atoms with Gasteiger partial charge in [0, 0.05) is 23.1 Å². The van der Waals surface area contributed by atoms with Gasteiger partial charge in [0.1, 0.15) is 45.7 Å². The molecule has 0 bridgehead atoms. The Kier molecular flexibility index (Phi) is 84.4. The molecule has 1 atom stereocenters. The molecule has 0 radical (unpaired) electrons. The lowest BCUT2D eigenvalue weighted by atomic mass is 10.1. The van der Waals surface area contributed by atoms with E-state index in [-0.39, 0.29) is 11.9 Å². The molecule has 746 valence electrons. The van der Waals surface area contributed by atoms with Crippen LogP contribution in [0.1, 0.15) is 17.3 Å². The second-order valence-electron chi connectivity index (χ2n) is 27.0.